The highest BCUT2D eigenvalue weighted by Crippen LogP contribution is 2.27. The number of amides is 1. The van der Waals surface area contributed by atoms with E-state index in [0.29, 0.717) is 5.91 Å². The average molecular weight is 182 g/mol. The van der Waals surface area contributed by atoms with Gasteiger partial charge in [-0.2, -0.15) is 0 Å². The quantitative estimate of drug-likeness (QED) is 0.650. The van der Waals surface area contributed by atoms with Crippen LogP contribution in [0, 0.1) is 5.92 Å². The van der Waals surface area contributed by atoms with Crippen LogP contribution < -0.4 is 5.73 Å². The van der Waals surface area contributed by atoms with Gasteiger partial charge in [0.2, 0.25) is 5.91 Å². The van der Waals surface area contributed by atoms with Crippen LogP contribution in [0.3, 0.4) is 0 Å². The SMILES string of the molecule is N[C@@H]1CC[C@@H](C(=O)N2CCCC2)C1. The molecular formula is C10H18N2O. The molecule has 0 aromatic rings. The fourth-order valence-electron chi connectivity index (χ4n) is 2.44. The van der Waals surface area contributed by atoms with Crippen LogP contribution in [0.4, 0.5) is 0 Å². The van der Waals surface area contributed by atoms with Crippen molar-refractivity contribution in [2.45, 2.75) is 38.1 Å². The van der Waals surface area contributed by atoms with Gasteiger partial charge in [-0.3, -0.25) is 4.79 Å². The summed E-state index contributed by atoms with van der Waals surface area (Å²) in [5.41, 5.74) is 5.79. The predicted molar refractivity (Wildman–Crippen MR) is 51.1 cm³/mol. The first-order valence-corrected chi connectivity index (χ1v) is 5.32. The molecule has 1 amide bonds. The van der Waals surface area contributed by atoms with Crippen LogP contribution in [0.25, 0.3) is 0 Å². The summed E-state index contributed by atoms with van der Waals surface area (Å²) in [6.07, 6.45) is 5.32. The van der Waals surface area contributed by atoms with Crippen LogP contribution in [0.1, 0.15) is 32.1 Å². The van der Waals surface area contributed by atoms with E-state index in [4.69, 9.17) is 5.73 Å². The first kappa shape index (κ1) is 9.00. The second-order valence-electron chi connectivity index (χ2n) is 4.30. The zero-order chi connectivity index (χ0) is 9.26. The van der Waals surface area contributed by atoms with Gasteiger partial charge in [0.05, 0.1) is 0 Å². The first-order chi connectivity index (χ1) is 6.27. The molecule has 0 bridgehead atoms. The Morgan fingerprint density at radius 3 is 2.46 bits per heavy atom. The Morgan fingerprint density at radius 1 is 1.23 bits per heavy atom. The molecule has 1 saturated carbocycles. The number of carbonyl (C=O) groups is 1. The van der Waals surface area contributed by atoms with Crippen molar-refractivity contribution in [3.8, 4) is 0 Å². The van der Waals surface area contributed by atoms with E-state index >= 15 is 0 Å². The van der Waals surface area contributed by atoms with Crippen molar-refractivity contribution in [3.05, 3.63) is 0 Å². The molecule has 0 aromatic carbocycles. The molecule has 0 spiro atoms. The van der Waals surface area contributed by atoms with Crippen molar-refractivity contribution in [2.75, 3.05) is 13.1 Å². The third-order valence-electron chi connectivity index (χ3n) is 3.24. The molecular weight excluding hydrogens is 164 g/mol. The third kappa shape index (κ3) is 1.85. The molecule has 0 aromatic heterocycles. The van der Waals surface area contributed by atoms with Crippen molar-refractivity contribution in [2.24, 2.45) is 11.7 Å². The summed E-state index contributed by atoms with van der Waals surface area (Å²) in [4.78, 5) is 13.9. The van der Waals surface area contributed by atoms with Crippen molar-refractivity contribution < 1.29 is 4.79 Å². The van der Waals surface area contributed by atoms with Crippen LogP contribution in [-0.4, -0.2) is 29.9 Å². The molecule has 2 atom stereocenters. The number of rotatable bonds is 1. The highest BCUT2D eigenvalue weighted by atomic mass is 16.2. The second-order valence-corrected chi connectivity index (χ2v) is 4.30. The van der Waals surface area contributed by atoms with Gasteiger partial charge in [-0.25, -0.2) is 0 Å². The molecule has 0 unspecified atom stereocenters. The van der Waals surface area contributed by atoms with Gasteiger partial charge in [0.1, 0.15) is 0 Å². The van der Waals surface area contributed by atoms with Crippen LogP contribution in [0.15, 0.2) is 0 Å². The van der Waals surface area contributed by atoms with E-state index in [0.717, 1.165) is 32.4 Å². The van der Waals surface area contributed by atoms with Gasteiger partial charge >= 0.3 is 0 Å². The highest BCUT2D eigenvalue weighted by molar-refractivity contribution is 5.79. The summed E-state index contributed by atoms with van der Waals surface area (Å²) in [5.74, 6) is 0.610. The molecule has 74 valence electrons. The van der Waals surface area contributed by atoms with E-state index in [1.165, 1.54) is 12.8 Å². The minimum atomic E-state index is 0.244. The lowest BCUT2D eigenvalue weighted by Crippen LogP contribution is -2.33. The number of nitrogens with zero attached hydrogens (tertiary/aromatic N) is 1. The maximum absolute atomic E-state index is 11.9. The van der Waals surface area contributed by atoms with Gasteiger partial charge in [-0.05, 0) is 32.1 Å². The van der Waals surface area contributed by atoms with Crippen LogP contribution >= 0.6 is 0 Å². The fourth-order valence-corrected chi connectivity index (χ4v) is 2.44. The summed E-state index contributed by atoms with van der Waals surface area (Å²) < 4.78 is 0. The van der Waals surface area contributed by atoms with Crippen molar-refractivity contribution in [1.29, 1.82) is 0 Å². The fraction of sp³-hybridized carbons (Fsp3) is 0.900. The maximum atomic E-state index is 11.9. The Labute approximate surface area is 79.3 Å². The zero-order valence-corrected chi connectivity index (χ0v) is 8.04. The van der Waals surface area contributed by atoms with E-state index in [1.54, 1.807) is 0 Å². The molecule has 2 N–H and O–H groups in total. The lowest BCUT2D eigenvalue weighted by Gasteiger charge is -2.19. The van der Waals surface area contributed by atoms with Crippen molar-refractivity contribution in [3.63, 3.8) is 0 Å². The lowest BCUT2D eigenvalue weighted by atomic mass is 10.1. The first-order valence-electron chi connectivity index (χ1n) is 5.32. The van der Waals surface area contributed by atoms with E-state index in [2.05, 4.69) is 0 Å². The van der Waals surface area contributed by atoms with Crippen LogP contribution in [-0.2, 0) is 4.79 Å². The smallest absolute Gasteiger partial charge is 0.225 e. The van der Waals surface area contributed by atoms with Crippen LogP contribution in [0.5, 0.6) is 0 Å². The maximum Gasteiger partial charge on any atom is 0.225 e. The van der Waals surface area contributed by atoms with E-state index in [9.17, 15) is 4.79 Å². The molecule has 1 saturated heterocycles. The molecule has 2 rings (SSSR count). The van der Waals surface area contributed by atoms with Crippen LogP contribution in [0.2, 0.25) is 0 Å². The molecule has 1 aliphatic heterocycles. The van der Waals surface area contributed by atoms with Gasteiger partial charge in [0, 0.05) is 25.0 Å². The molecule has 2 fully saturated rings. The van der Waals surface area contributed by atoms with Gasteiger partial charge in [-0.15, -0.1) is 0 Å². The molecule has 13 heavy (non-hydrogen) atoms. The number of likely N-dealkylation sites (tertiary alicyclic amines) is 1. The van der Waals surface area contributed by atoms with Crippen molar-refractivity contribution >= 4 is 5.91 Å². The lowest BCUT2D eigenvalue weighted by molar-refractivity contribution is -0.134. The molecule has 1 aliphatic carbocycles. The summed E-state index contributed by atoms with van der Waals surface area (Å²) >= 11 is 0. The third-order valence-corrected chi connectivity index (χ3v) is 3.24. The Morgan fingerprint density at radius 2 is 1.92 bits per heavy atom. The topological polar surface area (TPSA) is 46.3 Å². The number of hydrogen-bond donors (Lipinski definition) is 1. The molecule has 0 radical (unpaired) electrons. The second kappa shape index (κ2) is 3.66. The predicted octanol–water partition coefficient (Wildman–Crippen LogP) is 0.736. The van der Waals surface area contributed by atoms with E-state index in [-0.39, 0.29) is 12.0 Å². The summed E-state index contributed by atoms with van der Waals surface area (Å²) in [7, 11) is 0. The Balaban J connectivity index is 1.89. The minimum absolute atomic E-state index is 0.244. The summed E-state index contributed by atoms with van der Waals surface area (Å²) in [5, 5.41) is 0. The summed E-state index contributed by atoms with van der Waals surface area (Å²) in [6, 6.07) is 0.275. The molecule has 3 heteroatoms. The van der Waals surface area contributed by atoms with Gasteiger partial charge in [0.25, 0.3) is 0 Å². The molecule has 2 aliphatic rings. The molecule has 1 heterocycles. The normalized spacial score (nSPS) is 34.1. The average Bonchev–Trinajstić information content (AvgIpc) is 2.72. The zero-order valence-electron chi connectivity index (χ0n) is 8.04. The van der Waals surface area contributed by atoms with Gasteiger partial charge < -0.3 is 10.6 Å². The number of hydrogen-bond acceptors (Lipinski definition) is 2. The van der Waals surface area contributed by atoms with E-state index in [1.807, 2.05) is 4.90 Å². The van der Waals surface area contributed by atoms with Gasteiger partial charge in [-0.1, -0.05) is 0 Å². The number of nitrogens with two attached hydrogens (primary N) is 1. The highest BCUT2D eigenvalue weighted by Gasteiger charge is 2.31. The Kier molecular flexibility index (Phi) is 2.54. The molecule has 3 nitrogen and oxygen atoms in total. The number of carbonyl (C=O) groups excluding carboxylic acids is 1. The largest absolute Gasteiger partial charge is 0.342 e. The Bertz CT molecular complexity index is 199. The minimum Gasteiger partial charge on any atom is -0.342 e. The Hall–Kier alpha value is -0.570. The monoisotopic (exact) mass is 182 g/mol. The van der Waals surface area contributed by atoms with Crippen molar-refractivity contribution in [1.82, 2.24) is 4.90 Å². The van der Waals surface area contributed by atoms with Gasteiger partial charge in [0.15, 0.2) is 0 Å². The van der Waals surface area contributed by atoms with E-state index < -0.39 is 0 Å². The summed E-state index contributed by atoms with van der Waals surface area (Å²) in [6.45, 7) is 1.95. The standard InChI is InChI=1S/C10H18N2O/c11-9-4-3-8(7-9)10(13)12-5-1-2-6-12/h8-9H,1-7,11H2/t8-,9-/m1/s1.